The van der Waals surface area contributed by atoms with E-state index in [1.165, 1.54) is 19.4 Å². The first-order valence-corrected chi connectivity index (χ1v) is 10.6. The molecule has 0 aliphatic carbocycles. The molecule has 0 radical (unpaired) electrons. The SMILES string of the molecule is COc1cc(/C=N\NC(=O)C(=O)Nc2cccc(Cl)c2Cl)cc(Cl)c1OCc1ccccc1. The molecule has 3 rings (SSSR count). The molecular weight excluding hydrogens is 489 g/mol. The first kappa shape index (κ1) is 24.4. The maximum absolute atomic E-state index is 12.1. The molecule has 0 saturated heterocycles. The van der Waals surface area contributed by atoms with Gasteiger partial charge in [-0.05, 0) is 35.4 Å². The van der Waals surface area contributed by atoms with E-state index in [9.17, 15) is 9.59 Å². The third-order valence-corrected chi connectivity index (χ3v) is 5.36. The van der Waals surface area contributed by atoms with Crippen LogP contribution in [0.1, 0.15) is 11.1 Å². The van der Waals surface area contributed by atoms with Crippen LogP contribution in [0.5, 0.6) is 11.5 Å². The molecule has 0 heterocycles. The Balaban J connectivity index is 1.63. The van der Waals surface area contributed by atoms with E-state index in [4.69, 9.17) is 44.3 Å². The van der Waals surface area contributed by atoms with Crippen molar-refractivity contribution in [2.24, 2.45) is 5.10 Å². The zero-order chi connectivity index (χ0) is 23.8. The van der Waals surface area contributed by atoms with Crippen molar-refractivity contribution in [3.63, 3.8) is 0 Å². The van der Waals surface area contributed by atoms with Gasteiger partial charge in [-0.2, -0.15) is 5.10 Å². The zero-order valence-corrected chi connectivity index (χ0v) is 19.5. The second kappa shape index (κ2) is 11.6. The molecule has 33 heavy (non-hydrogen) atoms. The van der Waals surface area contributed by atoms with Crippen LogP contribution < -0.4 is 20.2 Å². The monoisotopic (exact) mass is 505 g/mol. The fraction of sp³-hybridized carbons (Fsp3) is 0.0870. The number of carbonyl (C=O) groups is 2. The molecule has 3 aromatic rings. The van der Waals surface area contributed by atoms with E-state index in [-0.39, 0.29) is 15.7 Å². The topological polar surface area (TPSA) is 89.0 Å². The minimum atomic E-state index is -0.997. The van der Waals surface area contributed by atoms with Gasteiger partial charge in [0.15, 0.2) is 11.5 Å². The van der Waals surface area contributed by atoms with Crippen LogP contribution in [0.4, 0.5) is 5.69 Å². The molecule has 7 nitrogen and oxygen atoms in total. The van der Waals surface area contributed by atoms with Gasteiger partial charge in [0, 0.05) is 0 Å². The Morgan fingerprint density at radius 3 is 2.45 bits per heavy atom. The van der Waals surface area contributed by atoms with Gasteiger partial charge in [-0.3, -0.25) is 9.59 Å². The molecule has 0 saturated carbocycles. The fourth-order valence-electron chi connectivity index (χ4n) is 2.68. The second-order valence-electron chi connectivity index (χ2n) is 6.56. The summed E-state index contributed by atoms with van der Waals surface area (Å²) in [5.74, 6) is -1.19. The largest absolute Gasteiger partial charge is 0.493 e. The van der Waals surface area contributed by atoms with Crippen molar-refractivity contribution in [2.45, 2.75) is 6.61 Å². The van der Waals surface area contributed by atoms with Crippen molar-refractivity contribution in [1.82, 2.24) is 5.43 Å². The third-order valence-electron chi connectivity index (χ3n) is 4.26. The number of amides is 2. The standard InChI is InChI=1S/C23H18Cl3N3O4/c1-32-19-11-15(10-17(25)21(19)33-13-14-6-3-2-4-7-14)12-27-29-23(31)22(30)28-18-9-5-8-16(24)20(18)26/h2-12H,13H2,1H3,(H,28,30)(H,29,31)/b27-12-. The third kappa shape index (κ3) is 6.61. The summed E-state index contributed by atoms with van der Waals surface area (Å²) in [4.78, 5) is 24.1. The Kier molecular flexibility index (Phi) is 8.54. The molecule has 0 spiro atoms. The highest BCUT2D eigenvalue weighted by Gasteiger charge is 2.16. The molecule has 10 heteroatoms. The summed E-state index contributed by atoms with van der Waals surface area (Å²) < 4.78 is 11.2. The molecule has 0 bridgehead atoms. The number of halogens is 3. The van der Waals surface area contributed by atoms with E-state index in [1.807, 2.05) is 30.3 Å². The van der Waals surface area contributed by atoms with Crippen LogP contribution in [0.25, 0.3) is 0 Å². The molecule has 0 atom stereocenters. The van der Waals surface area contributed by atoms with E-state index in [0.29, 0.717) is 28.7 Å². The maximum Gasteiger partial charge on any atom is 0.329 e. The summed E-state index contributed by atoms with van der Waals surface area (Å²) in [6.07, 6.45) is 1.31. The number of ether oxygens (including phenoxy) is 2. The minimum Gasteiger partial charge on any atom is -0.493 e. The predicted octanol–water partition coefficient (Wildman–Crippen LogP) is 5.32. The van der Waals surface area contributed by atoms with Crippen molar-refractivity contribution in [1.29, 1.82) is 0 Å². The van der Waals surface area contributed by atoms with Gasteiger partial charge in [0.2, 0.25) is 0 Å². The molecule has 2 N–H and O–H groups in total. The highest BCUT2D eigenvalue weighted by molar-refractivity contribution is 6.45. The number of hydrazone groups is 1. The summed E-state index contributed by atoms with van der Waals surface area (Å²) in [6.45, 7) is 0.312. The maximum atomic E-state index is 12.1. The van der Waals surface area contributed by atoms with Crippen LogP contribution in [-0.4, -0.2) is 25.1 Å². The number of hydrogen-bond acceptors (Lipinski definition) is 5. The zero-order valence-electron chi connectivity index (χ0n) is 17.3. The van der Waals surface area contributed by atoms with Crippen molar-refractivity contribution < 1.29 is 19.1 Å². The number of hydrogen-bond donors (Lipinski definition) is 2. The summed E-state index contributed by atoms with van der Waals surface area (Å²) in [6, 6.07) is 17.5. The molecule has 0 aliphatic rings. The number of anilines is 1. The second-order valence-corrected chi connectivity index (χ2v) is 7.76. The highest BCUT2D eigenvalue weighted by atomic mass is 35.5. The van der Waals surface area contributed by atoms with Gasteiger partial charge in [0.25, 0.3) is 0 Å². The number of nitrogens with zero attached hydrogens (tertiary/aromatic N) is 1. The summed E-state index contributed by atoms with van der Waals surface area (Å²) in [7, 11) is 1.48. The van der Waals surface area contributed by atoms with Crippen LogP contribution in [0.3, 0.4) is 0 Å². The van der Waals surface area contributed by atoms with Crippen LogP contribution in [0.15, 0.2) is 65.8 Å². The Labute approximate surface area is 205 Å². The lowest BCUT2D eigenvalue weighted by atomic mass is 10.2. The van der Waals surface area contributed by atoms with Crippen LogP contribution >= 0.6 is 34.8 Å². The lowest BCUT2D eigenvalue weighted by Crippen LogP contribution is -2.32. The van der Waals surface area contributed by atoms with Crippen molar-refractivity contribution >= 4 is 58.5 Å². The molecule has 0 aromatic heterocycles. The van der Waals surface area contributed by atoms with Gasteiger partial charge in [-0.25, -0.2) is 5.43 Å². The van der Waals surface area contributed by atoms with Gasteiger partial charge in [-0.15, -0.1) is 0 Å². The number of carbonyl (C=O) groups excluding carboxylic acids is 2. The highest BCUT2D eigenvalue weighted by Crippen LogP contribution is 2.36. The van der Waals surface area contributed by atoms with Crippen LogP contribution in [0.2, 0.25) is 15.1 Å². The Hall–Kier alpha value is -3.26. The summed E-state index contributed by atoms with van der Waals surface area (Å²) >= 11 is 18.2. The Bertz CT molecular complexity index is 1190. The van der Waals surface area contributed by atoms with Crippen molar-refractivity contribution in [3.8, 4) is 11.5 Å². The smallest absolute Gasteiger partial charge is 0.329 e. The normalized spacial score (nSPS) is 10.7. The van der Waals surface area contributed by atoms with Gasteiger partial charge >= 0.3 is 11.8 Å². The van der Waals surface area contributed by atoms with E-state index in [2.05, 4.69) is 15.8 Å². The molecule has 0 unspecified atom stereocenters. The van der Waals surface area contributed by atoms with Crippen LogP contribution in [0, 0.1) is 0 Å². The molecule has 2 amide bonds. The van der Waals surface area contributed by atoms with E-state index >= 15 is 0 Å². The lowest BCUT2D eigenvalue weighted by molar-refractivity contribution is -0.136. The Morgan fingerprint density at radius 1 is 0.970 bits per heavy atom. The minimum absolute atomic E-state index is 0.125. The van der Waals surface area contributed by atoms with Gasteiger partial charge in [-0.1, -0.05) is 71.2 Å². The number of benzene rings is 3. The first-order chi connectivity index (χ1) is 15.9. The predicted molar refractivity (Wildman–Crippen MR) is 130 cm³/mol. The van der Waals surface area contributed by atoms with Gasteiger partial charge in [0.1, 0.15) is 6.61 Å². The average molecular weight is 507 g/mol. The number of methoxy groups -OCH3 is 1. The number of rotatable bonds is 7. The van der Waals surface area contributed by atoms with Gasteiger partial charge in [0.05, 0.1) is 34.1 Å². The molecule has 170 valence electrons. The molecule has 0 aliphatic heterocycles. The molecular formula is C23H18Cl3N3O4. The molecule has 0 fully saturated rings. The van der Waals surface area contributed by atoms with E-state index in [1.54, 1.807) is 24.3 Å². The quantitative estimate of drug-likeness (QED) is 0.258. The first-order valence-electron chi connectivity index (χ1n) is 9.51. The van der Waals surface area contributed by atoms with Crippen molar-refractivity contribution in [3.05, 3.63) is 86.9 Å². The van der Waals surface area contributed by atoms with E-state index in [0.717, 1.165) is 5.56 Å². The number of nitrogens with one attached hydrogen (secondary N) is 2. The van der Waals surface area contributed by atoms with Gasteiger partial charge < -0.3 is 14.8 Å². The van der Waals surface area contributed by atoms with E-state index < -0.39 is 11.8 Å². The Morgan fingerprint density at radius 2 is 1.73 bits per heavy atom. The summed E-state index contributed by atoms with van der Waals surface area (Å²) in [5.41, 5.74) is 3.82. The molecule has 3 aromatic carbocycles. The summed E-state index contributed by atoms with van der Waals surface area (Å²) in [5, 5.41) is 6.82. The van der Waals surface area contributed by atoms with Crippen LogP contribution in [-0.2, 0) is 16.2 Å². The lowest BCUT2D eigenvalue weighted by Gasteiger charge is -2.13. The average Bonchev–Trinajstić information content (AvgIpc) is 2.81. The van der Waals surface area contributed by atoms with Crippen molar-refractivity contribution in [2.75, 3.05) is 12.4 Å². The fourth-order valence-corrected chi connectivity index (χ4v) is 3.30.